The Morgan fingerprint density at radius 2 is 1.90 bits per heavy atom. The van der Waals surface area contributed by atoms with Crippen molar-refractivity contribution in [2.24, 2.45) is 0 Å². The summed E-state index contributed by atoms with van der Waals surface area (Å²) < 4.78 is 23.3. The topological polar surface area (TPSA) is 55.8 Å². The highest BCUT2D eigenvalue weighted by atomic mass is 19.1. The van der Waals surface area contributed by atoms with Crippen LogP contribution in [0.1, 0.15) is 10.4 Å². The molecule has 0 saturated heterocycles. The molecule has 0 heterocycles. The Morgan fingerprint density at radius 3 is 2.50 bits per heavy atom. The molecule has 2 rings (SSSR count). The van der Waals surface area contributed by atoms with Gasteiger partial charge in [-0.1, -0.05) is 30.3 Å². The second-order valence-corrected chi connectivity index (χ2v) is 4.01. The normalized spacial score (nSPS) is 9.95. The smallest absolute Gasteiger partial charge is 0.502 e. The third-order valence-electron chi connectivity index (χ3n) is 2.70. The van der Waals surface area contributed by atoms with E-state index in [1.54, 1.807) is 30.3 Å². The van der Waals surface area contributed by atoms with E-state index in [1.807, 2.05) is 0 Å². The van der Waals surface area contributed by atoms with Crippen molar-refractivity contribution in [2.75, 3.05) is 7.11 Å². The van der Waals surface area contributed by atoms with Crippen molar-refractivity contribution in [3.63, 3.8) is 0 Å². The average molecular weight is 274 g/mol. The van der Waals surface area contributed by atoms with Gasteiger partial charge in [-0.15, -0.1) is 0 Å². The van der Waals surface area contributed by atoms with Gasteiger partial charge in [-0.3, -0.25) is 0 Å². The Balaban J connectivity index is 2.12. The third kappa shape index (κ3) is 3.16. The molecule has 0 amide bonds. The predicted octanol–water partition coefficient (Wildman–Crippen LogP) is 1.38. The molecule has 20 heavy (non-hydrogen) atoms. The van der Waals surface area contributed by atoms with Gasteiger partial charge in [0.15, 0.2) is 0 Å². The molecule has 6 heteroatoms. The van der Waals surface area contributed by atoms with Crippen LogP contribution in [-0.4, -0.2) is 25.2 Å². The monoisotopic (exact) mass is 274 g/mol. The minimum Gasteiger partial charge on any atom is -0.502 e. The first-order valence-corrected chi connectivity index (χ1v) is 5.89. The van der Waals surface area contributed by atoms with Crippen LogP contribution < -0.4 is 10.2 Å². The molecule has 0 saturated carbocycles. The molecule has 0 aliphatic rings. The van der Waals surface area contributed by atoms with Crippen LogP contribution in [0, 0.1) is 5.82 Å². The molecule has 0 fully saturated rings. The zero-order chi connectivity index (χ0) is 14.5. The molecule has 4 nitrogen and oxygen atoms in total. The fourth-order valence-electron chi connectivity index (χ4n) is 1.64. The van der Waals surface area contributed by atoms with E-state index in [0.717, 1.165) is 6.07 Å². The van der Waals surface area contributed by atoms with Gasteiger partial charge >= 0.3 is 13.1 Å². The number of benzene rings is 2. The Kier molecular flexibility index (Phi) is 4.37. The largest absolute Gasteiger partial charge is 0.562 e. The lowest BCUT2D eigenvalue weighted by molar-refractivity contribution is 0.0704. The van der Waals surface area contributed by atoms with E-state index in [4.69, 9.17) is 9.39 Å². The van der Waals surface area contributed by atoms with E-state index in [-0.39, 0.29) is 5.56 Å². The van der Waals surface area contributed by atoms with Crippen LogP contribution >= 0.6 is 0 Å². The highest BCUT2D eigenvalue weighted by Gasteiger charge is 2.24. The number of methoxy groups -OCH3 is 1. The summed E-state index contributed by atoms with van der Waals surface area (Å²) in [5, 5.41) is 9.75. The minimum atomic E-state index is -1.44. The summed E-state index contributed by atoms with van der Waals surface area (Å²) in [6.07, 6.45) is 0. The van der Waals surface area contributed by atoms with Gasteiger partial charge in [-0.2, -0.15) is 0 Å². The van der Waals surface area contributed by atoms with Crippen molar-refractivity contribution in [1.82, 2.24) is 0 Å². The predicted molar refractivity (Wildman–Crippen MR) is 72.4 cm³/mol. The number of ether oxygens (including phenoxy) is 1. The Labute approximate surface area is 115 Å². The van der Waals surface area contributed by atoms with Crippen molar-refractivity contribution in [3.05, 3.63) is 59.9 Å². The van der Waals surface area contributed by atoms with E-state index >= 15 is 0 Å². The zero-order valence-corrected chi connectivity index (χ0v) is 10.7. The van der Waals surface area contributed by atoms with Gasteiger partial charge in [0, 0.05) is 6.07 Å². The van der Waals surface area contributed by atoms with E-state index in [2.05, 4.69) is 0 Å². The number of rotatable bonds is 4. The first-order valence-electron chi connectivity index (χ1n) is 5.89. The van der Waals surface area contributed by atoms with Crippen LogP contribution in [0.25, 0.3) is 0 Å². The molecule has 0 radical (unpaired) electrons. The summed E-state index contributed by atoms with van der Waals surface area (Å²) >= 11 is 0. The Morgan fingerprint density at radius 1 is 1.20 bits per heavy atom. The molecule has 2 aromatic rings. The highest BCUT2D eigenvalue weighted by Crippen LogP contribution is 2.17. The Bertz CT molecular complexity index is 603. The summed E-state index contributed by atoms with van der Waals surface area (Å²) in [5.74, 6) is -1.42. The van der Waals surface area contributed by atoms with E-state index in [0.29, 0.717) is 11.2 Å². The molecule has 0 unspecified atom stereocenters. The standard InChI is InChI=1S/C14H12BFO4/c1-19-11-7-8-12(13(16)9-11)14(17)20-15(18)10-5-3-2-4-6-10/h2-9,18H,1H3. The van der Waals surface area contributed by atoms with Crippen molar-refractivity contribution >= 4 is 18.6 Å². The molecular weight excluding hydrogens is 262 g/mol. The molecule has 0 aliphatic carbocycles. The van der Waals surface area contributed by atoms with E-state index < -0.39 is 18.9 Å². The maximum atomic E-state index is 13.7. The van der Waals surface area contributed by atoms with Gasteiger partial charge in [0.25, 0.3) is 0 Å². The molecule has 0 bridgehead atoms. The average Bonchev–Trinajstić information content (AvgIpc) is 2.47. The second-order valence-electron chi connectivity index (χ2n) is 4.01. The molecule has 0 atom stereocenters. The Hall–Kier alpha value is -2.34. The summed E-state index contributed by atoms with van der Waals surface area (Å²) in [6, 6.07) is 12.1. The summed E-state index contributed by atoms with van der Waals surface area (Å²) in [5.41, 5.74) is 0.149. The number of hydrogen-bond acceptors (Lipinski definition) is 4. The zero-order valence-electron chi connectivity index (χ0n) is 10.7. The van der Waals surface area contributed by atoms with Crippen LogP contribution in [0.3, 0.4) is 0 Å². The maximum Gasteiger partial charge on any atom is 0.562 e. The van der Waals surface area contributed by atoms with Crippen molar-refractivity contribution in [3.8, 4) is 5.75 Å². The van der Waals surface area contributed by atoms with Crippen molar-refractivity contribution in [1.29, 1.82) is 0 Å². The SMILES string of the molecule is COc1ccc(C(=O)OB(O)c2ccccc2)c(F)c1. The van der Waals surface area contributed by atoms with Crippen LogP contribution in [-0.2, 0) is 4.65 Å². The van der Waals surface area contributed by atoms with Crippen LogP contribution in [0.5, 0.6) is 5.75 Å². The van der Waals surface area contributed by atoms with Crippen molar-refractivity contribution in [2.45, 2.75) is 0 Å². The van der Waals surface area contributed by atoms with Gasteiger partial charge in [0.1, 0.15) is 11.6 Å². The molecule has 0 aliphatic heterocycles. The van der Waals surface area contributed by atoms with Gasteiger partial charge in [-0.25, -0.2) is 9.18 Å². The number of hydrogen-bond donors (Lipinski definition) is 1. The molecule has 1 N–H and O–H groups in total. The lowest BCUT2D eigenvalue weighted by Crippen LogP contribution is -2.35. The molecule has 102 valence electrons. The number of carbonyl (C=O) groups excluding carboxylic acids is 1. The van der Waals surface area contributed by atoms with Crippen LogP contribution in [0.15, 0.2) is 48.5 Å². The lowest BCUT2D eigenvalue weighted by atomic mass is 9.79. The molecule has 2 aromatic carbocycles. The third-order valence-corrected chi connectivity index (χ3v) is 2.70. The van der Waals surface area contributed by atoms with Crippen LogP contribution in [0.2, 0.25) is 0 Å². The quantitative estimate of drug-likeness (QED) is 0.856. The highest BCUT2D eigenvalue weighted by molar-refractivity contribution is 6.61. The van der Waals surface area contributed by atoms with Crippen LogP contribution in [0.4, 0.5) is 4.39 Å². The fraction of sp³-hybridized carbons (Fsp3) is 0.0714. The van der Waals surface area contributed by atoms with E-state index in [9.17, 15) is 14.2 Å². The minimum absolute atomic E-state index is 0.263. The summed E-state index contributed by atoms with van der Waals surface area (Å²) in [7, 11) is -0.0449. The molecular formula is C14H12BFO4. The maximum absolute atomic E-state index is 13.7. The number of halogens is 1. The first-order chi connectivity index (χ1) is 9.61. The van der Waals surface area contributed by atoms with E-state index in [1.165, 1.54) is 19.2 Å². The number of carbonyl (C=O) groups is 1. The van der Waals surface area contributed by atoms with Gasteiger partial charge in [0.05, 0.1) is 12.7 Å². The summed E-state index contributed by atoms with van der Waals surface area (Å²) in [6.45, 7) is 0. The van der Waals surface area contributed by atoms with Crippen molar-refractivity contribution < 1.29 is 23.6 Å². The van der Waals surface area contributed by atoms with Gasteiger partial charge in [0.2, 0.25) is 0 Å². The fourth-order valence-corrected chi connectivity index (χ4v) is 1.64. The van der Waals surface area contributed by atoms with Gasteiger partial charge in [-0.05, 0) is 17.6 Å². The van der Waals surface area contributed by atoms with Gasteiger partial charge < -0.3 is 14.4 Å². The lowest BCUT2D eigenvalue weighted by Gasteiger charge is -2.09. The second kappa shape index (κ2) is 6.21. The summed E-state index contributed by atoms with van der Waals surface area (Å²) in [4.78, 5) is 11.8. The molecule has 0 spiro atoms. The first kappa shape index (κ1) is 14.1. The molecule has 0 aromatic heterocycles.